The topological polar surface area (TPSA) is 58.6 Å². The van der Waals surface area contributed by atoms with Gasteiger partial charge in [-0.15, -0.1) is 0 Å². The quantitative estimate of drug-likeness (QED) is 0.735. The molecule has 1 aliphatic rings. The van der Waals surface area contributed by atoms with Crippen molar-refractivity contribution in [2.75, 3.05) is 0 Å². The summed E-state index contributed by atoms with van der Waals surface area (Å²) < 4.78 is 5.15. The zero-order valence-electron chi connectivity index (χ0n) is 12.3. The van der Waals surface area contributed by atoms with Crippen LogP contribution in [0.1, 0.15) is 23.7 Å². The Bertz CT molecular complexity index is 915. The van der Waals surface area contributed by atoms with Gasteiger partial charge in [0, 0.05) is 21.9 Å². The highest BCUT2D eigenvalue weighted by Gasteiger charge is 2.39. The van der Waals surface area contributed by atoms with Gasteiger partial charge in [0.15, 0.2) is 5.69 Å². The largest absolute Gasteiger partial charge is 0.364 e. The summed E-state index contributed by atoms with van der Waals surface area (Å²) in [6, 6.07) is 14.7. The van der Waals surface area contributed by atoms with Crippen molar-refractivity contribution in [2.45, 2.75) is 12.6 Å². The second-order valence-electron chi connectivity index (χ2n) is 5.50. The van der Waals surface area contributed by atoms with Gasteiger partial charge in [-0.05, 0) is 24.6 Å². The van der Waals surface area contributed by atoms with Crippen molar-refractivity contribution in [3.05, 3.63) is 76.6 Å². The third-order valence-electron chi connectivity index (χ3n) is 4.08. The van der Waals surface area contributed by atoms with Gasteiger partial charge >= 0.3 is 0 Å². The van der Waals surface area contributed by atoms with E-state index in [0.717, 1.165) is 22.4 Å². The number of benzene rings is 2. The Morgan fingerprint density at radius 3 is 2.43 bits per heavy atom. The number of hydrogen-bond donors (Lipinski definition) is 1. The predicted octanol–water partition coefficient (Wildman–Crippen LogP) is 4.01. The number of halogens is 1. The van der Waals surface area contributed by atoms with Crippen LogP contribution in [0.15, 0.2) is 64.3 Å². The van der Waals surface area contributed by atoms with Crippen LogP contribution in [0.3, 0.4) is 0 Å². The van der Waals surface area contributed by atoms with E-state index in [1.165, 1.54) is 0 Å². The summed E-state index contributed by atoms with van der Waals surface area (Å²) in [6.45, 7) is 1.88. The molecule has 0 aliphatic carbocycles. The Balaban J connectivity index is 2.03. The molecule has 5 heteroatoms. The SMILES string of the molecule is CC1=NC(O)(c2ccc(Cl)cc2)c2nocc2-c2ccccc21. The number of aliphatic imine (C=N–C) groups is 1. The van der Waals surface area contributed by atoms with Crippen LogP contribution in [0.5, 0.6) is 0 Å². The molecule has 23 heavy (non-hydrogen) atoms. The molecule has 1 aromatic heterocycles. The molecule has 0 amide bonds. The predicted molar refractivity (Wildman–Crippen MR) is 88.6 cm³/mol. The minimum absolute atomic E-state index is 0.379. The second kappa shape index (κ2) is 5.05. The monoisotopic (exact) mass is 324 g/mol. The van der Waals surface area contributed by atoms with Crippen molar-refractivity contribution in [1.82, 2.24) is 5.16 Å². The van der Waals surface area contributed by atoms with E-state index in [4.69, 9.17) is 16.1 Å². The second-order valence-corrected chi connectivity index (χ2v) is 5.94. The van der Waals surface area contributed by atoms with E-state index in [1.807, 2.05) is 31.2 Å². The van der Waals surface area contributed by atoms with Crippen LogP contribution in [0.4, 0.5) is 0 Å². The normalized spacial score (nSPS) is 19.5. The average molecular weight is 325 g/mol. The van der Waals surface area contributed by atoms with E-state index in [-0.39, 0.29) is 0 Å². The van der Waals surface area contributed by atoms with Crippen molar-refractivity contribution in [3.8, 4) is 11.1 Å². The number of aromatic nitrogens is 1. The number of hydrogen-bond acceptors (Lipinski definition) is 4. The molecule has 0 spiro atoms. The molecule has 0 saturated heterocycles. The first-order valence-corrected chi connectivity index (χ1v) is 7.57. The Morgan fingerprint density at radius 2 is 1.70 bits per heavy atom. The lowest BCUT2D eigenvalue weighted by Crippen LogP contribution is -2.26. The fourth-order valence-electron chi connectivity index (χ4n) is 2.95. The molecule has 0 saturated carbocycles. The van der Waals surface area contributed by atoms with Crippen molar-refractivity contribution < 1.29 is 9.63 Å². The zero-order valence-corrected chi connectivity index (χ0v) is 13.1. The number of rotatable bonds is 1. The van der Waals surface area contributed by atoms with E-state index < -0.39 is 5.72 Å². The third kappa shape index (κ3) is 2.11. The van der Waals surface area contributed by atoms with Crippen LogP contribution in [-0.4, -0.2) is 16.0 Å². The van der Waals surface area contributed by atoms with Crippen LogP contribution < -0.4 is 0 Å². The minimum atomic E-state index is -1.62. The fourth-order valence-corrected chi connectivity index (χ4v) is 3.08. The summed E-state index contributed by atoms with van der Waals surface area (Å²) in [6.07, 6.45) is 1.54. The highest BCUT2D eigenvalue weighted by atomic mass is 35.5. The first kappa shape index (κ1) is 14.2. The Hall–Kier alpha value is -2.43. The lowest BCUT2D eigenvalue weighted by Gasteiger charge is -2.22. The van der Waals surface area contributed by atoms with Crippen molar-refractivity contribution in [2.24, 2.45) is 4.99 Å². The van der Waals surface area contributed by atoms with E-state index in [9.17, 15) is 5.11 Å². The third-order valence-corrected chi connectivity index (χ3v) is 4.34. The lowest BCUT2D eigenvalue weighted by molar-refractivity contribution is 0.0833. The van der Waals surface area contributed by atoms with Gasteiger partial charge in [-0.3, -0.25) is 0 Å². The highest BCUT2D eigenvalue weighted by Crippen LogP contribution is 2.41. The molecule has 0 bridgehead atoms. The van der Waals surface area contributed by atoms with Crippen molar-refractivity contribution in [1.29, 1.82) is 0 Å². The molecule has 2 heterocycles. The summed E-state index contributed by atoms with van der Waals surface area (Å²) >= 11 is 5.96. The molecule has 1 unspecified atom stereocenters. The molecule has 1 N–H and O–H groups in total. The van der Waals surface area contributed by atoms with Gasteiger partial charge in [0.25, 0.3) is 0 Å². The number of nitrogens with zero attached hydrogens (tertiary/aromatic N) is 2. The molecule has 4 rings (SSSR count). The molecule has 0 fully saturated rings. The van der Waals surface area contributed by atoms with Gasteiger partial charge in [0.2, 0.25) is 5.72 Å². The van der Waals surface area contributed by atoms with Crippen LogP contribution in [-0.2, 0) is 5.72 Å². The molecular weight excluding hydrogens is 312 g/mol. The number of fused-ring (bicyclic) bond motifs is 3. The van der Waals surface area contributed by atoms with Crippen molar-refractivity contribution in [3.63, 3.8) is 0 Å². The van der Waals surface area contributed by atoms with Gasteiger partial charge in [-0.1, -0.05) is 53.2 Å². The first-order valence-electron chi connectivity index (χ1n) is 7.19. The molecule has 0 radical (unpaired) electrons. The van der Waals surface area contributed by atoms with E-state index in [0.29, 0.717) is 16.3 Å². The Labute approximate surface area is 138 Å². The minimum Gasteiger partial charge on any atom is -0.364 e. The molecule has 1 aliphatic heterocycles. The molecule has 4 nitrogen and oxygen atoms in total. The summed E-state index contributed by atoms with van der Waals surface area (Å²) in [4.78, 5) is 4.57. The first-order chi connectivity index (χ1) is 11.1. The molecule has 3 aromatic rings. The van der Waals surface area contributed by atoms with Gasteiger partial charge in [0.1, 0.15) is 6.26 Å². The van der Waals surface area contributed by atoms with Crippen LogP contribution in [0.2, 0.25) is 5.02 Å². The van der Waals surface area contributed by atoms with Crippen molar-refractivity contribution >= 4 is 17.3 Å². The number of aliphatic hydroxyl groups is 1. The molecule has 1 atom stereocenters. The van der Waals surface area contributed by atoms with Gasteiger partial charge < -0.3 is 9.63 Å². The van der Waals surface area contributed by atoms with Gasteiger partial charge in [0.05, 0.1) is 5.56 Å². The van der Waals surface area contributed by atoms with Crippen LogP contribution in [0.25, 0.3) is 11.1 Å². The Kier molecular flexibility index (Phi) is 3.11. The summed E-state index contributed by atoms with van der Waals surface area (Å²) in [5.74, 6) is 0. The maximum absolute atomic E-state index is 11.3. The van der Waals surface area contributed by atoms with E-state index >= 15 is 0 Å². The summed E-state index contributed by atoms with van der Waals surface area (Å²) in [7, 11) is 0. The summed E-state index contributed by atoms with van der Waals surface area (Å²) in [5.41, 5.74) is 2.70. The van der Waals surface area contributed by atoms with Gasteiger partial charge in [-0.2, -0.15) is 0 Å². The Morgan fingerprint density at radius 1 is 1.00 bits per heavy atom. The molecular formula is C18H13ClN2O2. The van der Waals surface area contributed by atoms with Gasteiger partial charge in [-0.25, -0.2) is 4.99 Å². The summed E-state index contributed by atoms with van der Waals surface area (Å²) in [5, 5.41) is 16.0. The standard InChI is InChI=1S/C18H13ClN2O2/c1-11-14-4-2-3-5-15(14)16-10-23-21-17(16)18(22,20-11)12-6-8-13(19)9-7-12/h2-10,22H,1H3. The van der Waals surface area contributed by atoms with Crippen LogP contribution in [0, 0.1) is 0 Å². The van der Waals surface area contributed by atoms with E-state index in [1.54, 1.807) is 30.5 Å². The smallest absolute Gasteiger partial charge is 0.230 e. The molecule has 2 aromatic carbocycles. The van der Waals surface area contributed by atoms with E-state index in [2.05, 4.69) is 10.1 Å². The zero-order chi connectivity index (χ0) is 16.0. The fraction of sp³-hybridized carbons (Fsp3) is 0.111. The average Bonchev–Trinajstić information content (AvgIpc) is 3.02. The maximum Gasteiger partial charge on any atom is 0.230 e. The maximum atomic E-state index is 11.3. The lowest BCUT2D eigenvalue weighted by atomic mass is 9.94. The van der Waals surface area contributed by atoms with Crippen LogP contribution >= 0.6 is 11.6 Å². The molecule has 114 valence electrons. The highest BCUT2D eigenvalue weighted by molar-refractivity contribution is 6.30.